The molecule has 2 heterocycles. The Morgan fingerprint density at radius 3 is 2.58 bits per heavy atom. The molecule has 0 spiro atoms. The fourth-order valence-electron chi connectivity index (χ4n) is 4.72. The Morgan fingerprint density at radius 1 is 1.08 bits per heavy atom. The van der Waals surface area contributed by atoms with Crippen molar-refractivity contribution in [3.05, 3.63) is 89.9 Å². The van der Waals surface area contributed by atoms with Crippen molar-refractivity contribution < 1.29 is 19.4 Å². The van der Waals surface area contributed by atoms with Gasteiger partial charge in [-0.3, -0.25) is 9.78 Å². The van der Waals surface area contributed by atoms with Crippen LogP contribution in [0, 0.1) is 0 Å². The van der Waals surface area contributed by atoms with E-state index in [-0.39, 0.29) is 23.6 Å². The molecule has 2 amide bonds. The summed E-state index contributed by atoms with van der Waals surface area (Å²) in [6.45, 7) is 0.337. The van der Waals surface area contributed by atoms with Gasteiger partial charge in [-0.05, 0) is 66.9 Å². The van der Waals surface area contributed by atoms with Crippen LogP contribution in [0.1, 0.15) is 53.2 Å². The van der Waals surface area contributed by atoms with Crippen molar-refractivity contribution in [1.29, 1.82) is 0 Å². The number of ether oxygens (including phenoxy) is 1. The van der Waals surface area contributed by atoms with E-state index in [9.17, 15) is 14.7 Å². The van der Waals surface area contributed by atoms with Gasteiger partial charge in [-0.2, -0.15) is 9.78 Å². The molecule has 194 valence electrons. The van der Waals surface area contributed by atoms with Gasteiger partial charge in [0.25, 0.3) is 5.91 Å². The van der Waals surface area contributed by atoms with Crippen LogP contribution in [0.3, 0.4) is 0 Å². The maximum absolute atomic E-state index is 13.3. The molecule has 1 saturated carbocycles. The molecule has 0 saturated heterocycles. The average Bonchev–Trinajstić information content (AvgIpc) is 3.64. The normalized spacial score (nSPS) is 13.3. The number of carbonyl (C=O) groups is 2. The summed E-state index contributed by atoms with van der Waals surface area (Å²) in [5, 5.41) is 21.0. The van der Waals surface area contributed by atoms with Crippen molar-refractivity contribution in [3.63, 3.8) is 0 Å². The van der Waals surface area contributed by atoms with Crippen LogP contribution in [0.15, 0.2) is 73.1 Å². The monoisotopic (exact) mass is 511 g/mol. The van der Waals surface area contributed by atoms with Crippen molar-refractivity contribution in [2.24, 2.45) is 0 Å². The molecule has 9 heteroatoms. The number of phenols is 1. The molecule has 0 unspecified atom stereocenters. The van der Waals surface area contributed by atoms with Crippen molar-refractivity contribution in [2.45, 2.75) is 38.1 Å². The Balaban J connectivity index is 1.40. The Bertz CT molecular complexity index is 1430. The lowest BCUT2D eigenvalue weighted by Crippen LogP contribution is -2.30. The van der Waals surface area contributed by atoms with E-state index in [1.54, 1.807) is 37.6 Å². The maximum atomic E-state index is 13.3. The molecule has 5 rings (SSSR count). The number of rotatable bonds is 7. The standard InChI is InChI=1S/C29H29N5O4/c1-38-23-11-8-19(9-12-23)17-31-29(37)34-26(20-5-2-3-6-20)16-25(33-34)24-15-22(10-13-27(24)35)32-28(36)21-7-4-14-30-18-21/h4,7-16,18,20,35H,2-3,5-6,17H2,1H3,(H,31,37)(H,32,36). The van der Waals surface area contributed by atoms with Crippen molar-refractivity contribution >= 4 is 17.6 Å². The number of nitrogens with zero attached hydrogens (tertiary/aromatic N) is 3. The Kier molecular flexibility index (Phi) is 7.35. The van der Waals surface area contributed by atoms with Gasteiger partial charge in [0, 0.05) is 36.1 Å². The highest BCUT2D eigenvalue weighted by Gasteiger charge is 2.26. The lowest BCUT2D eigenvalue weighted by Gasteiger charge is -2.12. The predicted molar refractivity (Wildman–Crippen MR) is 143 cm³/mol. The van der Waals surface area contributed by atoms with Crippen LogP contribution >= 0.6 is 0 Å². The summed E-state index contributed by atoms with van der Waals surface area (Å²) in [7, 11) is 1.61. The van der Waals surface area contributed by atoms with E-state index < -0.39 is 0 Å². The topological polar surface area (TPSA) is 118 Å². The van der Waals surface area contributed by atoms with Gasteiger partial charge in [0.05, 0.1) is 24.1 Å². The summed E-state index contributed by atoms with van der Waals surface area (Å²) in [4.78, 5) is 29.8. The third kappa shape index (κ3) is 5.51. The number of anilines is 1. The van der Waals surface area contributed by atoms with Crippen LogP contribution in [0.2, 0.25) is 0 Å². The van der Waals surface area contributed by atoms with Gasteiger partial charge in [-0.1, -0.05) is 25.0 Å². The Morgan fingerprint density at radius 2 is 1.87 bits per heavy atom. The minimum Gasteiger partial charge on any atom is -0.507 e. The van der Waals surface area contributed by atoms with Crippen LogP contribution in [-0.2, 0) is 6.54 Å². The Labute approximate surface area is 220 Å². The molecule has 0 atom stereocenters. The highest BCUT2D eigenvalue weighted by atomic mass is 16.5. The smallest absolute Gasteiger partial charge is 0.342 e. The Hall–Kier alpha value is -4.66. The number of pyridine rings is 1. The van der Waals surface area contributed by atoms with E-state index in [0.717, 1.165) is 42.7 Å². The fraction of sp³-hybridized carbons (Fsp3) is 0.241. The highest BCUT2D eigenvalue weighted by Crippen LogP contribution is 2.38. The van der Waals surface area contributed by atoms with Crippen LogP contribution in [0.25, 0.3) is 11.3 Å². The predicted octanol–water partition coefficient (Wildman–Crippen LogP) is 5.33. The number of aromatic hydroxyl groups is 1. The molecule has 0 aliphatic heterocycles. The van der Waals surface area contributed by atoms with Gasteiger partial charge in [0.2, 0.25) is 0 Å². The van der Waals surface area contributed by atoms with Crippen LogP contribution in [-0.4, -0.2) is 38.9 Å². The van der Waals surface area contributed by atoms with Crippen molar-refractivity contribution in [1.82, 2.24) is 20.1 Å². The van der Waals surface area contributed by atoms with Gasteiger partial charge in [-0.25, -0.2) is 4.79 Å². The quantitative estimate of drug-likeness (QED) is 0.289. The fourth-order valence-corrected chi connectivity index (χ4v) is 4.72. The molecule has 1 aliphatic rings. The average molecular weight is 512 g/mol. The molecular weight excluding hydrogens is 482 g/mol. The largest absolute Gasteiger partial charge is 0.507 e. The molecule has 9 nitrogen and oxygen atoms in total. The van der Waals surface area contributed by atoms with Crippen molar-refractivity contribution in [3.8, 4) is 22.8 Å². The van der Waals surface area contributed by atoms with Crippen LogP contribution in [0.5, 0.6) is 11.5 Å². The number of nitrogens with one attached hydrogen (secondary N) is 2. The van der Waals surface area contributed by atoms with Crippen LogP contribution in [0.4, 0.5) is 10.5 Å². The number of methoxy groups -OCH3 is 1. The maximum Gasteiger partial charge on any atom is 0.342 e. The number of benzene rings is 2. The first-order valence-electron chi connectivity index (χ1n) is 12.6. The lowest BCUT2D eigenvalue weighted by atomic mass is 10.0. The van der Waals surface area contributed by atoms with E-state index in [0.29, 0.717) is 29.1 Å². The molecule has 2 aromatic carbocycles. The SMILES string of the molecule is COc1ccc(CNC(=O)n2nc(-c3cc(NC(=O)c4cccnc4)ccc3O)cc2C2CCCC2)cc1. The summed E-state index contributed by atoms with van der Waals surface area (Å²) in [5.41, 5.74) is 3.55. The molecule has 2 aromatic heterocycles. The lowest BCUT2D eigenvalue weighted by molar-refractivity contribution is 0.102. The molecule has 3 N–H and O–H groups in total. The molecule has 1 fully saturated rings. The van der Waals surface area contributed by atoms with Crippen molar-refractivity contribution in [2.75, 3.05) is 12.4 Å². The van der Waals surface area contributed by atoms with E-state index in [1.807, 2.05) is 30.3 Å². The van der Waals surface area contributed by atoms with Crippen LogP contribution < -0.4 is 15.4 Å². The first kappa shape index (κ1) is 25.0. The minimum atomic E-state index is -0.338. The zero-order valence-corrected chi connectivity index (χ0v) is 21.1. The van der Waals surface area contributed by atoms with E-state index in [4.69, 9.17) is 4.74 Å². The molecular formula is C29H29N5O4. The first-order valence-corrected chi connectivity index (χ1v) is 12.6. The van der Waals surface area contributed by atoms with Gasteiger partial charge >= 0.3 is 6.03 Å². The van der Waals surface area contributed by atoms with Gasteiger partial charge in [0.15, 0.2) is 0 Å². The van der Waals surface area contributed by atoms with Gasteiger partial charge < -0.3 is 20.5 Å². The van der Waals surface area contributed by atoms with Gasteiger partial charge in [0.1, 0.15) is 11.5 Å². The molecule has 38 heavy (non-hydrogen) atoms. The molecule has 1 aliphatic carbocycles. The first-order chi connectivity index (χ1) is 18.5. The summed E-state index contributed by atoms with van der Waals surface area (Å²) in [6.07, 6.45) is 7.23. The summed E-state index contributed by atoms with van der Waals surface area (Å²) < 4.78 is 6.61. The molecule has 4 aromatic rings. The van der Waals surface area contributed by atoms with Gasteiger partial charge in [-0.15, -0.1) is 0 Å². The highest BCUT2D eigenvalue weighted by molar-refractivity contribution is 6.04. The summed E-state index contributed by atoms with van der Waals surface area (Å²) in [5.74, 6) is 0.646. The third-order valence-corrected chi connectivity index (χ3v) is 6.76. The van der Waals surface area contributed by atoms with E-state index >= 15 is 0 Å². The zero-order chi connectivity index (χ0) is 26.5. The number of amides is 2. The summed E-state index contributed by atoms with van der Waals surface area (Å²) in [6, 6.07) is 17.2. The van der Waals surface area contributed by atoms with E-state index in [1.165, 1.54) is 16.9 Å². The number of carbonyl (C=O) groups excluding carboxylic acids is 2. The molecule has 0 radical (unpaired) electrons. The second kappa shape index (κ2) is 11.2. The minimum absolute atomic E-state index is 0.00522. The summed E-state index contributed by atoms with van der Waals surface area (Å²) >= 11 is 0. The number of phenolic OH excluding ortho intramolecular Hbond substituents is 1. The number of aromatic nitrogens is 3. The molecule has 0 bridgehead atoms. The number of hydrogen-bond donors (Lipinski definition) is 3. The van der Waals surface area contributed by atoms with E-state index in [2.05, 4.69) is 20.7 Å². The second-order valence-electron chi connectivity index (χ2n) is 9.28. The zero-order valence-electron chi connectivity index (χ0n) is 21.1. The third-order valence-electron chi connectivity index (χ3n) is 6.76. The number of hydrogen-bond acceptors (Lipinski definition) is 6. The second-order valence-corrected chi connectivity index (χ2v) is 9.28.